The smallest absolute Gasteiger partial charge is 0.0700 e. The van der Waals surface area contributed by atoms with Gasteiger partial charge in [-0.25, -0.2) is 0 Å². The highest BCUT2D eigenvalue weighted by atomic mass is 16.5. The molecule has 0 radical (unpaired) electrons. The third-order valence-corrected chi connectivity index (χ3v) is 3.57. The van der Waals surface area contributed by atoms with Crippen molar-refractivity contribution in [2.24, 2.45) is 5.73 Å². The average Bonchev–Trinajstić information content (AvgIpc) is 2.93. The van der Waals surface area contributed by atoms with Crippen molar-refractivity contribution in [3.8, 4) is 0 Å². The van der Waals surface area contributed by atoms with Crippen LogP contribution < -0.4 is 11.1 Å². The molecule has 1 fully saturated rings. The topological polar surface area (TPSA) is 47.3 Å². The molecule has 0 aromatic heterocycles. The van der Waals surface area contributed by atoms with Gasteiger partial charge in [0.05, 0.1) is 6.10 Å². The van der Waals surface area contributed by atoms with E-state index in [9.17, 15) is 0 Å². The van der Waals surface area contributed by atoms with Crippen molar-refractivity contribution in [2.75, 3.05) is 19.7 Å². The molecule has 3 heteroatoms. The molecule has 100 valence electrons. The van der Waals surface area contributed by atoms with E-state index in [-0.39, 0.29) is 0 Å². The van der Waals surface area contributed by atoms with Crippen LogP contribution in [0, 0.1) is 0 Å². The first-order chi connectivity index (χ1) is 8.88. The Hall–Kier alpha value is -0.900. The number of nitrogens with two attached hydrogens (primary N) is 1. The quantitative estimate of drug-likeness (QED) is 0.772. The van der Waals surface area contributed by atoms with Gasteiger partial charge in [-0.3, -0.25) is 0 Å². The second-order valence-corrected chi connectivity index (χ2v) is 5.00. The van der Waals surface area contributed by atoms with Crippen LogP contribution in [0.25, 0.3) is 0 Å². The van der Waals surface area contributed by atoms with E-state index in [0.29, 0.717) is 18.7 Å². The lowest BCUT2D eigenvalue weighted by Gasteiger charge is -2.19. The van der Waals surface area contributed by atoms with Gasteiger partial charge in [-0.05, 0) is 31.2 Å². The summed E-state index contributed by atoms with van der Waals surface area (Å²) in [5.74, 6) is 0. The summed E-state index contributed by atoms with van der Waals surface area (Å²) in [7, 11) is 0. The largest absolute Gasteiger partial charge is 0.377 e. The normalized spacial score (nSPS) is 21.1. The fourth-order valence-electron chi connectivity index (χ4n) is 2.39. The monoisotopic (exact) mass is 248 g/mol. The average molecular weight is 248 g/mol. The molecule has 1 aromatic carbocycles. The van der Waals surface area contributed by atoms with E-state index in [0.717, 1.165) is 26.0 Å². The molecule has 3 nitrogen and oxygen atoms in total. The fourth-order valence-corrected chi connectivity index (χ4v) is 2.39. The minimum absolute atomic E-state index is 0.398. The van der Waals surface area contributed by atoms with Crippen molar-refractivity contribution in [1.82, 2.24) is 5.32 Å². The first kappa shape index (κ1) is 13.5. The van der Waals surface area contributed by atoms with Crippen LogP contribution in [0.1, 0.15) is 24.8 Å². The zero-order chi connectivity index (χ0) is 12.6. The van der Waals surface area contributed by atoms with Gasteiger partial charge in [0.1, 0.15) is 0 Å². The number of rotatable bonds is 7. The lowest BCUT2D eigenvalue weighted by atomic mass is 10.1. The summed E-state index contributed by atoms with van der Waals surface area (Å²) in [6.45, 7) is 2.56. The highest BCUT2D eigenvalue weighted by Crippen LogP contribution is 2.11. The van der Waals surface area contributed by atoms with Gasteiger partial charge in [0.25, 0.3) is 0 Å². The van der Waals surface area contributed by atoms with Crippen LogP contribution in [0.4, 0.5) is 0 Å². The van der Waals surface area contributed by atoms with Gasteiger partial charge >= 0.3 is 0 Å². The third-order valence-electron chi connectivity index (χ3n) is 3.57. The summed E-state index contributed by atoms with van der Waals surface area (Å²) in [5.41, 5.74) is 7.20. The molecule has 0 spiro atoms. The molecule has 0 bridgehead atoms. The maximum absolute atomic E-state index is 5.82. The molecule has 0 aliphatic carbocycles. The molecular formula is C15H24N2O. The molecule has 1 aliphatic rings. The highest BCUT2D eigenvalue weighted by Gasteiger charge is 2.16. The van der Waals surface area contributed by atoms with Crippen LogP contribution in [0.2, 0.25) is 0 Å². The van der Waals surface area contributed by atoms with Crippen molar-refractivity contribution in [1.29, 1.82) is 0 Å². The second kappa shape index (κ2) is 7.52. The lowest BCUT2D eigenvalue weighted by Crippen LogP contribution is -2.40. The molecule has 1 heterocycles. The summed E-state index contributed by atoms with van der Waals surface area (Å²) in [5, 5.41) is 3.53. The number of aryl methyl sites for hydroxylation is 1. The summed E-state index contributed by atoms with van der Waals surface area (Å²) < 4.78 is 5.61. The molecule has 0 amide bonds. The second-order valence-electron chi connectivity index (χ2n) is 5.00. The zero-order valence-corrected chi connectivity index (χ0v) is 11.0. The molecule has 1 saturated heterocycles. The van der Waals surface area contributed by atoms with Crippen LogP contribution >= 0.6 is 0 Å². The fraction of sp³-hybridized carbons (Fsp3) is 0.600. The van der Waals surface area contributed by atoms with Crippen LogP contribution in [0.15, 0.2) is 30.3 Å². The molecular weight excluding hydrogens is 224 g/mol. The Morgan fingerprint density at radius 3 is 2.83 bits per heavy atom. The Morgan fingerprint density at radius 2 is 2.17 bits per heavy atom. The van der Waals surface area contributed by atoms with E-state index in [1.807, 2.05) is 0 Å². The predicted molar refractivity (Wildman–Crippen MR) is 74.6 cm³/mol. The molecule has 3 N–H and O–H groups in total. The van der Waals surface area contributed by atoms with E-state index in [1.165, 1.54) is 18.4 Å². The maximum Gasteiger partial charge on any atom is 0.0700 e. The van der Waals surface area contributed by atoms with Crippen LogP contribution in [-0.2, 0) is 11.2 Å². The van der Waals surface area contributed by atoms with Gasteiger partial charge < -0.3 is 15.8 Å². The van der Waals surface area contributed by atoms with E-state index in [2.05, 4.69) is 35.6 Å². The Bertz CT molecular complexity index is 323. The van der Waals surface area contributed by atoms with Crippen molar-refractivity contribution >= 4 is 0 Å². The van der Waals surface area contributed by atoms with Gasteiger partial charge in [0.15, 0.2) is 0 Å². The van der Waals surface area contributed by atoms with Gasteiger partial charge in [-0.15, -0.1) is 0 Å². The molecule has 1 aliphatic heterocycles. The lowest BCUT2D eigenvalue weighted by molar-refractivity contribution is 0.107. The Labute approximate surface area is 110 Å². The SMILES string of the molecule is NCC(CCc1ccccc1)NCC1CCCO1. The van der Waals surface area contributed by atoms with Gasteiger partial charge in [-0.1, -0.05) is 30.3 Å². The van der Waals surface area contributed by atoms with Crippen molar-refractivity contribution in [3.63, 3.8) is 0 Å². The standard InChI is InChI=1S/C15H24N2O/c16-11-14(17-12-15-7-4-10-18-15)9-8-13-5-2-1-3-6-13/h1-3,5-6,14-15,17H,4,7-12,16H2. The summed E-state index contributed by atoms with van der Waals surface area (Å²) in [4.78, 5) is 0. The number of nitrogens with one attached hydrogen (secondary N) is 1. The molecule has 1 aromatic rings. The Balaban J connectivity index is 1.68. The molecule has 2 unspecified atom stereocenters. The minimum Gasteiger partial charge on any atom is -0.377 e. The highest BCUT2D eigenvalue weighted by molar-refractivity contribution is 5.14. The van der Waals surface area contributed by atoms with Gasteiger partial charge in [0, 0.05) is 25.7 Å². The third kappa shape index (κ3) is 4.41. The number of hydrogen-bond acceptors (Lipinski definition) is 3. The maximum atomic E-state index is 5.82. The van der Waals surface area contributed by atoms with E-state index < -0.39 is 0 Å². The van der Waals surface area contributed by atoms with Gasteiger partial charge in [0.2, 0.25) is 0 Å². The number of benzene rings is 1. The van der Waals surface area contributed by atoms with Crippen LogP contribution in [0.5, 0.6) is 0 Å². The van der Waals surface area contributed by atoms with Crippen LogP contribution in [0.3, 0.4) is 0 Å². The molecule has 0 saturated carbocycles. The predicted octanol–water partition coefficient (Wildman–Crippen LogP) is 1.72. The Morgan fingerprint density at radius 1 is 1.33 bits per heavy atom. The molecule has 2 atom stereocenters. The summed E-state index contributed by atoms with van der Waals surface area (Å²) in [6.07, 6.45) is 4.96. The van der Waals surface area contributed by atoms with E-state index in [4.69, 9.17) is 10.5 Å². The molecule has 2 rings (SSSR count). The van der Waals surface area contributed by atoms with E-state index in [1.54, 1.807) is 0 Å². The first-order valence-corrected chi connectivity index (χ1v) is 6.97. The minimum atomic E-state index is 0.398. The van der Waals surface area contributed by atoms with Crippen molar-refractivity contribution in [3.05, 3.63) is 35.9 Å². The summed E-state index contributed by atoms with van der Waals surface area (Å²) >= 11 is 0. The van der Waals surface area contributed by atoms with Crippen molar-refractivity contribution in [2.45, 2.75) is 37.8 Å². The van der Waals surface area contributed by atoms with E-state index >= 15 is 0 Å². The summed E-state index contributed by atoms with van der Waals surface area (Å²) in [6, 6.07) is 11.0. The number of hydrogen-bond donors (Lipinski definition) is 2. The zero-order valence-electron chi connectivity index (χ0n) is 11.0. The number of ether oxygens (including phenoxy) is 1. The first-order valence-electron chi connectivity index (χ1n) is 6.97. The van der Waals surface area contributed by atoms with Gasteiger partial charge in [-0.2, -0.15) is 0 Å². The molecule has 18 heavy (non-hydrogen) atoms. The van der Waals surface area contributed by atoms with Crippen LogP contribution in [-0.4, -0.2) is 31.8 Å². The van der Waals surface area contributed by atoms with Crippen molar-refractivity contribution < 1.29 is 4.74 Å². The Kier molecular flexibility index (Phi) is 5.65.